The van der Waals surface area contributed by atoms with Crippen molar-refractivity contribution in [3.8, 4) is 0 Å². The summed E-state index contributed by atoms with van der Waals surface area (Å²) in [5.41, 5.74) is 5.01. The molecule has 1 saturated carbocycles. The molecular weight excluding hydrogens is 507 g/mol. The average molecular weight is 552 g/mol. The second-order valence-corrected chi connectivity index (χ2v) is 12.5. The van der Waals surface area contributed by atoms with Gasteiger partial charge in [0.05, 0.1) is 24.0 Å². The second kappa shape index (κ2) is 13.2. The third-order valence-corrected chi connectivity index (χ3v) is 8.02. The molecule has 1 N–H and O–H groups in total. The first-order valence-electron chi connectivity index (χ1n) is 14.0. The van der Waals surface area contributed by atoms with Crippen LogP contribution in [-0.4, -0.2) is 22.1 Å². The molecule has 3 nitrogen and oxygen atoms in total. The molecule has 2 aliphatic carbocycles. The Kier molecular flexibility index (Phi) is 10.7. The molecule has 2 atom stereocenters. The minimum absolute atomic E-state index is 0.0209. The highest BCUT2D eigenvalue weighted by Crippen LogP contribution is 2.51. The van der Waals surface area contributed by atoms with E-state index in [2.05, 4.69) is 40.9 Å². The quantitative estimate of drug-likeness (QED) is 0.413. The maximum absolute atomic E-state index is 13.0. The normalized spacial score (nSPS) is 22.1. The lowest BCUT2D eigenvalue weighted by atomic mass is 9.71. The molecule has 7 heteroatoms. The SMILES string of the molecule is CC1(C)Cc2nc3c(c(C4CCCC4)c2[C@@H](O)C1)C(c1ccc(C(F)(F)F)cc1)OC3.CCC.CCSC. The van der Waals surface area contributed by atoms with E-state index in [0.717, 1.165) is 66.8 Å². The van der Waals surface area contributed by atoms with Gasteiger partial charge >= 0.3 is 6.18 Å². The number of thioether (sulfide) groups is 1. The lowest BCUT2D eigenvalue weighted by Crippen LogP contribution is -2.29. The van der Waals surface area contributed by atoms with Crippen molar-refractivity contribution in [3.05, 3.63) is 63.5 Å². The number of rotatable bonds is 3. The highest BCUT2D eigenvalue weighted by molar-refractivity contribution is 7.98. The van der Waals surface area contributed by atoms with Gasteiger partial charge in [0.15, 0.2) is 0 Å². The van der Waals surface area contributed by atoms with Crippen molar-refractivity contribution in [2.45, 2.75) is 110 Å². The van der Waals surface area contributed by atoms with Crippen molar-refractivity contribution in [2.75, 3.05) is 12.0 Å². The van der Waals surface area contributed by atoms with E-state index >= 15 is 0 Å². The standard InChI is InChI=1S/C25H28F3NO2.C3H8S.C3H8/c1-24(2)11-17-21(19(30)12-24)20(14-5-3-4-6-14)22-18(29-17)13-31-23(22)15-7-9-16(10-8-15)25(26,27)28;1-3-4-2;1-3-2/h7-10,14,19,23,30H,3-6,11-13H2,1-2H3;3H2,1-2H3;3H2,1-2H3/t19-,23?;;/m0../s1. The van der Waals surface area contributed by atoms with Gasteiger partial charge in [-0.25, -0.2) is 0 Å². The molecule has 1 aliphatic heterocycles. The lowest BCUT2D eigenvalue weighted by Gasteiger charge is -2.37. The lowest BCUT2D eigenvalue weighted by molar-refractivity contribution is -0.137. The molecule has 2 aromatic rings. The molecule has 1 unspecified atom stereocenters. The fourth-order valence-electron chi connectivity index (χ4n) is 5.81. The van der Waals surface area contributed by atoms with E-state index in [9.17, 15) is 18.3 Å². The summed E-state index contributed by atoms with van der Waals surface area (Å²) in [6.45, 7) is 11.1. The summed E-state index contributed by atoms with van der Waals surface area (Å²) in [6.07, 6.45) is 3.93. The van der Waals surface area contributed by atoms with E-state index in [1.165, 1.54) is 29.9 Å². The zero-order chi connectivity index (χ0) is 28.1. The van der Waals surface area contributed by atoms with Crippen molar-refractivity contribution in [1.82, 2.24) is 4.98 Å². The Hall–Kier alpha value is -1.57. The van der Waals surface area contributed by atoms with Gasteiger partial charge in [0.1, 0.15) is 6.10 Å². The van der Waals surface area contributed by atoms with Crippen molar-refractivity contribution in [3.63, 3.8) is 0 Å². The molecular formula is C31H44F3NO2S. The Morgan fingerprint density at radius 1 is 1.00 bits per heavy atom. The zero-order valence-electron chi connectivity index (χ0n) is 23.8. The topological polar surface area (TPSA) is 42.4 Å². The van der Waals surface area contributed by atoms with Crippen LogP contribution in [0.3, 0.4) is 0 Å². The van der Waals surface area contributed by atoms with Crippen LogP contribution in [0.5, 0.6) is 0 Å². The van der Waals surface area contributed by atoms with Crippen molar-refractivity contribution < 1.29 is 23.0 Å². The number of nitrogens with zero attached hydrogens (tertiary/aromatic N) is 1. The van der Waals surface area contributed by atoms with Crippen LogP contribution in [0.4, 0.5) is 13.2 Å². The van der Waals surface area contributed by atoms with Gasteiger partial charge in [-0.15, -0.1) is 0 Å². The van der Waals surface area contributed by atoms with Crippen LogP contribution < -0.4 is 0 Å². The third kappa shape index (κ3) is 7.14. The van der Waals surface area contributed by atoms with Gasteiger partial charge < -0.3 is 9.84 Å². The monoisotopic (exact) mass is 551 g/mol. The van der Waals surface area contributed by atoms with Crippen molar-refractivity contribution in [2.24, 2.45) is 5.41 Å². The van der Waals surface area contributed by atoms with E-state index in [4.69, 9.17) is 9.72 Å². The minimum atomic E-state index is -4.36. The predicted molar refractivity (Wildman–Crippen MR) is 151 cm³/mol. The zero-order valence-corrected chi connectivity index (χ0v) is 24.6. The number of fused-ring (bicyclic) bond motifs is 2. The van der Waals surface area contributed by atoms with Gasteiger partial charge in [0, 0.05) is 16.8 Å². The van der Waals surface area contributed by atoms with E-state index in [0.29, 0.717) is 24.5 Å². The van der Waals surface area contributed by atoms with Crippen LogP contribution >= 0.6 is 11.8 Å². The number of hydrogen-bond donors (Lipinski definition) is 1. The van der Waals surface area contributed by atoms with Crippen LogP contribution in [0.25, 0.3) is 0 Å². The molecule has 0 saturated heterocycles. The summed E-state index contributed by atoms with van der Waals surface area (Å²) in [7, 11) is 0. The summed E-state index contributed by atoms with van der Waals surface area (Å²) in [5, 5.41) is 11.1. The van der Waals surface area contributed by atoms with Gasteiger partial charge in [0.2, 0.25) is 0 Å². The molecule has 1 aromatic carbocycles. The van der Waals surface area contributed by atoms with Gasteiger partial charge in [-0.3, -0.25) is 4.98 Å². The average Bonchev–Trinajstić information content (AvgIpc) is 3.52. The first kappa shape index (κ1) is 31.0. The third-order valence-electron chi connectivity index (χ3n) is 7.44. The van der Waals surface area contributed by atoms with Gasteiger partial charge in [0.25, 0.3) is 0 Å². The number of aromatic nitrogens is 1. The van der Waals surface area contributed by atoms with Gasteiger partial charge in [-0.2, -0.15) is 24.9 Å². The number of alkyl halides is 3. The molecule has 5 rings (SSSR count). The van der Waals surface area contributed by atoms with E-state index < -0.39 is 23.9 Å². The molecule has 2 heterocycles. The van der Waals surface area contributed by atoms with Crippen LogP contribution in [0.1, 0.15) is 130 Å². The first-order valence-corrected chi connectivity index (χ1v) is 15.4. The Balaban J connectivity index is 0.000000515. The maximum Gasteiger partial charge on any atom is 0.416 e. The number of aliphatic hydroxyl groups excluding tert-OH is 1. The van der Waals surface area contributed by atoms with E-state index in [1.54, 1.807) is 0 Å². The summed E-state index contributed by atoms with van der Waals surface area (Å²) in [5.74, 6) is 1.58. The first-order chi connectivity index (χ1) is 18.0. The fraction of sp³-hybridized carbons (Fsp3) is 0.645. The Morgan fingerprint density at radius 3 is 2.11 bits per heavy atom. The highest BCUT2D eigenvalue weighted by Gasteiger charge is 2.41. The summed E-state index contributed by atoms with van der Waals surface area (Å²) in [4.78, 5) is 4.94. The Morgan fingerprint density at radius 2 is 1.58 bits per heavy atom. The number of benzene rings is 1. The molecule has 0 amide bonds. The van der Waals surface area contributed by atoms with Gasteiger partial charge in [-0.05, 0) is 72.3 Å². The number of pyridine rings is 1. The largest absolute Gasteiger partial charge is 0.416 e. The van der Waals surface area contributed by atoms with Crippen LogP contribution in [0.15, 0.2) is 24.3 Å². The number of ether oxygens (including phenoxy) is 1. The molecule has 3 aliphatic rings. The summed E-state index contributed by atoms with van der Waals surface area (Å²) in [6, 6.07) is 5.27. The molecule has 212 valence electrons. The highest BCUT2D eigenvalue weighted by atomic mass is 32.2. The van der Waals surface area contributed by atoms with Crippen LogP contribution in [0, 0.1) is 5.41 Å². The predicted octanol–water partition coefficient (Wildman–Crippen LogP) is 9.17. The molecule has 0 spiro atoms. The molecule has 1 fully saturated rings. The Bertz CT molecular complexity index is 1040. The maximum atomic E-state index is 13.0. The van der Waals surface area contributed by atoms with E-state index in [1.807, 2.05) is 11.8 Å². The number of aliphatic hydroxyl groups is 1. The summed E-state index contributed by atoms with van der Waals surface area (Å²) < 4.78 is 45.2. The molecule has 0 radical (unpaired) electrons. The van der Waals surface area contributed by atoms with Crippen molar-refractivity contribution >= 4 is 11.8 Å². The smallest absolute Gasteiger partial charge is 0.388 e. The van der Waals surface area contributed by atoms with Gasteiger partial charge in [-0.1, -0.05) is 66.0 Å². The molecule has 0 bridgehead atoms. The van der Waals surface area contributed by atoms with E-state index in [-0.39, 0.29) is 5.41 Å². The van der Waals surface area contributed by atoms with Crippen LogP contribution in [0.2, 0.25) is 0 Å². The number of hydrogen-bond acceptors (Lipinski definition) is 4. The fourth-order valence-corrected chi connectivity index (χ4v) is 5.81. The minimum Gasteiger partial charge on any atom is -0.388 e. The summed E-state index contributed by atoms with van der Waals surface area (Å²) >= 11 is 1.86. The van der Waals surface area contributed by atoms with Crippen LogP contribution in [-0.2, 0) is 23.9 Å². The molecule has 38 heavy (non-hydrogen) atoms. The Labute approximate surface area is 231 Å². The molecule has 1 aromatic heterocycles. The number of halogens is 3. The second-order valence-electron chi connectivity index (χ2n) is 11.4. The van der Waals surface area contributed by atoms with Crippen molar-refractivity contribution in [1.29, 1.82) is 0 Å².